The molecule has 0 fully saturated rings. The number of aryl methyl sites for hydroxylation is 1. The van der Waals surface area contributed by atoms with Gasteiger partial charge in [0.2, 0.25) is 5.91 Å². The quantitative estimate of drug-likeness (QED) is 0.525. The number of carbonyl (C=O) groups excluding carboxylic acids is 1. The van der Waals surface area contributed by atoms with Crippen LogP contribution >= 0.6 is 23.1 Å². The van der Waals surface area contributed by atoms with Crippen LogP contribution in [0.1, 0.15) is 31.4 Å². The van der Waals surface area contributed by atoms with Crippen LogP contribution in [0, 0.1) is 18.3 Å². The Morgan fingerprint density at radius 1 is 1.52 bits per heavy atom. The lowest BCUT2D eigenvalue weighted by atomic mass is 10.1. The number of nitrogens with one attached hydrogen (secondary N) is 1. The van der Waals surface area contributed by atoms with E-state index >= 15 is 0 Å². The lowest BCUT2D eigenvalue weighted by molar-refractivity contribution is -0.113. The first-order chi connectivity index (χ1) is 12.7. The zero-order valence-electron chi connectivity index (χ0n) is 14.5. The Labute approximate surface area is 163 Å². The third-order valence-electron chi connectivity index (χ3n) is 3.62. The molecule has 1 aliphatic rings. The highest BCUT2D eigenvalue weighted by molar-refractivity contribution is 8.14. The van der Waals surface area contributed by atoms with Crippen LogP contribution in [0.4, 0.5) is 18.3 Å². The summed E-state index contributed by atoms with van der Waals surface area (Å²) >= 11 is 2.33. The number of allylic oxidation sites excluding steroid dienone is 3. The first-order valence-corrected chi connectivity index (χ1v) is 9.85. The van der Waals surface area contributed by atoms with E-state index in [0.717, 1.165) is 17.5 Å². The number of nitriles is 1. The maximum Gasteiger partial charge on any atom is 0.416 e. The van der Waals surface area contributed by atoms with Gasteiger partial charge < -0.3 is 5.32 Å². The van der Waals surface area contributed by atoms with E-state index in [1.165, 1.54) is 11.3 Å². The second-order valence-electron chi connectivity index (χ2n) is 5.73. The molecule has 27 heavy (non-hydrogen) atoms. The van der Waals surface area contributed by atoms with Crippen molar-refractivity contribution in [2.75, 3.05) is 11.1 Å². The number of amides is 1. The van der Waals surface area contributed by atoms with Crippen LogP contribution in [0.2, 0.25) is 0 Å². The number of nitrogens with zero attached hydrogens (tertiary/aromatic N) is 3. The number of aromatic nitrogens is 1. The molecule has 2 rings (SSSR count). The number of halogens is 3. The molecule has 1 aromatic heterocycles. The van der Waals surface area contributed by atoms with Crippen LogP contribution < -0.4 is 5.32 Å². The Kier molecular flexibility index (Phi) is 7.21. The van der Waals surface area contributed by atoms with E-state index < -0.39 is 11.7 Å². The molecule has 10 heteroatoms. The number of rotatable bonds is 6. The summed E-state index contributed by atoms with van der Waals surface area (Å²) in [7, 11) is 0. The third-order valence-corrected chi connectivity index (χ3v) is 5.47. The SMILES string of the molecule is C=C(C1=C(/N=C(\CC#N)SCC(=O)Nc2nc(C)cs2)CCC1)C(F)(F)F. The minimum absolute atomic E-state index is 0.0119. The van der Waals surface area contributed by atoms with Gasteiger partial charge in [-0.1, -0.05) is 18.3 Å². The normalized spacial score (nSPS) is 15.0. The molecule has 1 aromatic rings. The van der Waals surface area contributed by atoms with E-state index in [2.05, 4.69) is 21.9 Å². The summed E-state index contributed by atoms with van der Waals surface area (Å²) in [6.45, 7) is 4.95. The van der Waals surface area contributed by atoms with Gasteiger partial charge in [-0.3, -0.25) is 4.79 Å². The van der Waals surface area contributed by atoms with Crippen LogP contribution in [-0.2, 0) is 4.79 Å². The van der Waals surface area contributed by atoms with Crippen LogP contribution in [0.15, 0.2) is 33.8 Å². The van der Waals surface area contributed by atoms with Crippen molar-refractivity contribution in [2.45, 2.75) is 38.8 Å². The number of hydrogen-bond donors (Lipinski definition) is 1. The number of alkyl halides is 3. The molecular weight excluding hydrogens is 397 g/mol. The topological polar surface area (TPSA) is 78.1 Å². The molecule has 1 aliphatic carbocycles. The summed E-state index contributed by atoms with van der Waals surface area (Å²) in [6.07, 6.45) is -3.38. The summed E-state index contributed by atoms with van der Waals surface area (Å²) in [5, 5.41) is 14.2. The lowest BCUT2D eigenvalue weighted by Crippen LogP contribution is -2.15. The molecule has 1 amide bonds. The van der Waals surface area contributed by atoms with E-state index in [1.54, 1.807) is 12.3 Å². The van der Waals surface area contributed by atoms with Gasteiger partial charge in [0.05, 0.1) is 34.6 Å². The van der Waals surface area contributed by atoms with Crippen molar-refractivity contribution in [2.24, 2.45) is 4.99 Å². The van der Waals surface area contributed by atoms with Gasteiger partial charge in [-0.05, 0) is 31.8 Å². The highest BCUT2D eigenvalue weighted by atomic mass is 32.2. The lowest BCUT2D eigenvalue weighted by Gasteiger charge is -2.12. The summed E-state index contributed by atoms with van der Waals surface area (Å²) in [4.78, 5) is 20.4. The molecule has 0 saturated heterocycles. The highest BCUT2D eigenvalue weighted by Gasteiger charge is 2.36. The number of thiazole rings is 1. The minimum Gasteiger partial charge on any atom is -0.301 e. The van der Waals surface area contributed by atoms with Crippen molar-refractivity contribution < 1.29 is 18.0 Å². The summed E-state index contributed by atoms with van der Waals surface area (Å²) in [5.41, 5.74) is 0.282. The predicted octanol–water partition coefficient (Wildman–Crippen LogP) is 4.99. The fourth-order valence-corrected chi connectivity index (χ4v) is 3.82. The minimum atomic E-state index is -4.51. The fourth-order valence-electron chi connectivity index (χ4n) is 2.40. The maximum atomic E-state index is 12.9. The molecule has 5 nitrogen and oxygen atoms in total. The Morgan fingerprint density at radius 3 is 2.85 bits per heavy atom. The molecule has 0 aliphatic heterocycles. The van der Waals surface area contributed by atoms with Crippen molar-refractivity contribution >= 4 is 39.2 Å². The van der Waals surface area contributed by atoms with E-state index in [1.807, 2.05) is 6.07 Å². The van der Waals surface area contributed by atoms with Gasteiger partial charge >= 0.3 is 6.18 Å². The predicted molar refractivity (Wildman–Crippen MR) is 102 cm³/mol. The third kappa shape index (κ3) is 6.22. The van der Waals surface area contributed by atoms with Crippen molar-refractivity contribution in [3.63, 3.8) is 0 Å². The van der Waals surface area contributed by atoms with Gasteiger partial charge in [0.15, 0.2) is 5.13 Å². The van der Waals surface area contributed by atoms with Gasteiger partial charge in [0.1, 0.15) is 0 Å². The molecule has 0 saturated carbocycles. The molecule has 0 unspecified atom stereocenters. The van der Waals surface area contributed by atoms with Crippen molar-refractivity contribution in [1.82, 2.24) is 4.98 Å². The maximum absolute atomic E-state index is 12.9. The standard InChI is InChI=1S/C17H17F3N4OS2/c1-10-8-27-16(22-10)24-14(25)9-26-15(6-7-21)23-13-5-3-4-12(13)11(2)17(18,19)20/h8H,2-6,9H2,1H3,(H,22,24,25)/b23-15+. The van der Waals surface area contributed by atoms with E-state index in [9.17, 15) is 18.0 Å². The first kappa shape index (κ1) is 21.2. The molecule has 0 atom stereocenters. The molecule has 0 spiro atoms. The number of thioether (sulfide) groups is 1. The van der Waals surface area contributed by atoms with Gasteiger partial charge in [-0.15, -0.1) is 11.3 Å². The van der Waals surface area contributed by atoms with Gasteiger partial charge in [-0.2, -0.15) is 18.4 Å². The molecular formula is C17H17F3N4OS2. The van der Waals surface area contributed by atoms with E-state index in [0.29, 0.717) is 28.7 Å². The van der Waals surface area contributed by atoms with Gasteiger partial charge in [0.25, 0.3) is 0 Å². The Morgan fingerprint density at radius 2 is 2.26 bits per heavy atom. The summed E-state index contributed by atoms with van der Waals surface area (Å²) < 4.78 is 38.8. The highest BCUT2D eigenvalue weighted by Crippen LogP contribution is 2.39. The molecule has 1 heterocycles. The first-order valence-electron chi connectivity index (χ1n) is 7.98. The van der Waals surface area contributed by atoms with Crippen LogP contribution in [0.5, 0.6) is 0 Å². The van der Waals surface area contributed by atoms with Crippen LogP contribution in [-0.4, -0.2) is 27.9 Å². The zero-order chi connectivity index (χ0) is 20.0. The smallest absolute Gasteiger partial charge is 0.301 e. The number of hydrogen-bond acceptors (Lipinski definition) is 6. The van der Waals surface area contributed by atoms with Gasteiger partial charge in [0, 0.05) is 11.1 Å². The van der Waals surface area contributed by atoms with Crippen molar-refractivity contribution in [3.8, 4) is 6.07 Å². The molecule has 0 aromatic carbocycles. The number of aliphatic imine (C=N–C) groups is 1. The Bertz CT molecular complexity index is 834. The summed E-state index contributed by atoms with van der Waals surface area (Å²) in [6, 6.07) is 1.93. The molecule has 0 radical (unpaired) electrons. The number of anilines is 1. The average Bonchev–Trinajstić information content (AvgIpc) is 3.20. The molecule has 0 bridgehead atoms. The Hall–Kier alpha value is -2.12. The average molecular weight is 414 g/mol. The largest absolute Gasteiger partial charge is 0.416 e. The Balaban J connectivity index is 2.08. The van der Waals surface area contributed by atoms with E-state index in [-0.39, 0.29) is 30.1 Å². The fraction of sp³-hybridized carbons (Fsp3) is 0.412. The van der Waals surface area contributed by atoms with Crippen LogP contribution in [0.25, 0.3) is 0 Å². The van der Waals surface area contributed by atoms with Crippen LogP contribution in [0.3, 0.4) is 0 Å². The number of carbonyl (C=O) groups is 1. The van der Waals surface area contributed by atoms with Gasteiger partial charge in [-0.25, -0.2) is 9.98 Å². The summed E-state index contributed by atoms with van der Waals surface area (Å²) in [5.74, 6) is -0.331. The monoisotopic (exact) mass is 414 g/mol. The second kappa shape index (κ2) is 9.19. The molecule has 144 valence electrons. The zero-order valence-corrected chi connectivity index (χ0v) is 16.2. The van der Waals surface area contributed by atoms with Crippen molar-refractivity contribution in [3.05, 3.63) is 34.5 Å². The molecule has 1 N–H and O–H groups in total. The van der Waals surface area contributed by atoms with E-state index in [4.69, 9.17) is 5.26 Å². The van der Waals surface area contributed by atoms with Crippen molar-refractivity contribution in [1.29, 1.82) is 5.26 Å². The second-order valence-corrected chi connectivity index (χ2v) is 7.63.